The van der Waals surface area contributed by atoms with Gasteiger partial charge in [-0.05, 0) is 29.6 Å². The number of hydrogen-bond acceptors (Lipinski definition) is 0. The fourth-order valence-corrected chi connectivity index (χ4v) is 0.577. The van der Waals surface area contributed by atoms with E-state index in [1.807, 2.05) is 13.8 Å². The molecule has 0 bridgehead atoms. The van der Waals surface area contributed by atoms with Gasteiger partial charge in [0.15, 0.2) is 0 Å². The van der Waals surface area contributed by atoms with Gasteiger partial charge >= 0.3 is 0 Å². The minimum absolute atomic E-state index is 0.280. The fraction of sp³-hybridized carbons (Fsp3) is 1.00. The Hall–Kier alpha value is 0. The van der Waals surface area contributed by atoms with E-state index >= 15 is 0 Å². The quantitative estimate of drug-likeness (QED) is 0.473. The summed E-state index contributed by atoms with van der Waals surface area (Å²) in [4.78, 5) is 0. The standard InChI is InChI=1S/C6H14.2C5H12.2C4H10/c1-4-5-6(2)3;2*1-4-5(2)3;2*1-4(2)3/h6H,4-5H2,1-3H3;2*5H,4H2,1-3H3;2*4H,1-3H3/i;1D3;;;. The van der Waals surface area contributed by atoms with Crippen molar-refractivity contribution in [3.8, 4) is 0 Å². The van der Waals surface area contributed by atoms with E-state index in [4.69, 9.17) is 4.11 Å². The Bertz CT molecular complexity index is 215. The van der Waals surface area contributed by atoms with E-state index in [1.54, 1.807) is 0 Å². The molecule has 0 spiro atoms. The van der Waals surface area contributed by atoms with Gasteiger partial charge in [0.05, 0.1) is 0 Å². The Balaban J connectivity index is -0.0000000769. The summed E-state index contributed by atoms with van der Waals surface area (Å²) in [5.41, 5.74) is 0. The van der Waals surface area contributed by atoms with Crippen LogP contribution in [-0.2, 0) is 0 Å². The lowest BCUT2D eigenvalue weighted by Crippen LogP contribution is -1.81. The topological polar surface area (TPSA) is 0 Å². The van der Waals surface area contributed by atoms with E-state index < -0.39 is 6.85 Å². The van der Waals surface area contributed by atoms with E-state index in [1.165, 1.54) is 19.3 Å². The molecular formula is C24H58. The molecule has 0 aliphatic heterocycles. The molecule has 0 atom stereocenters. The lowest BCUT2D eigenvalue weighted by Gasteiger charge is -1.95. The zero-order valence-electron chi connectivity index (χ0n) is 23.2. The summed E-state index contributed by atoms with van der Waals surface area (Å²) in [5.74, 6) is 3.73. The monoisotopic (exact) mass is 349 g/mol. The van der Waals surface area contributed by atoms with Crippen LogP contribution in [0.5, 0.6) is 0 Å². The van der Waals surface area contributed by atoms with Gasteiger partial charge in [-0.2, -0.15) is 0 Å². The Kier molecular flexibility index (Phi) is 33.7. The zero-order chi connectivity index (χ0) is 23.2. The van der Waals surface area contributed by atoms with E-state index in [0.717, 1.165) is 23.7 Å². The molecule has 0 amide bonds. The molecule has 0 nitrogen and oxygen atoms in total. The van der Waals surface area contributed by atoms with Crippen LogP contribution in [0, 0.1) is 29.6 Å². The van der Waals surface area contributed by atoms with Crippen molar-refractivity contribution in [3.05, 3.63) is 0 Å². The molecule has 0 aliphatic rings. The van der Waals surface area contributed by atoms with Crippen molar-refractivity contribution in [1.29, 1.82) is 0 Å². The van der Waals surface area contributed by atoms with Gasteiger partial charge in [-0.15, -0.1) is 0 Å². The highest BCUT2D eigenvalue weighted by Gasteiger charge is 1.85. The molecule has 0 aromatic rings. The Morgan fingerprint density at radius 2 is 0.792 bits per heavy atom. The van der Waals surface area contributed by atoms with Crippen LogP contribution in [0.3, 0.4) is 0 Å². The summed E-state index contributed by atoms with van der Waals surface area (Å²) in [6.45, 7) is 28.5. The molecule has 0 saturated heterocycles. The van der Waals surface area contributed by atoms with Crippen molar-refractivity contribution in [1.82, 2.24) is 0 Å². The lowest BCUT2D eigenvalue weighted by atomic mass is 10.1. The first-order valence-electron chi connectivity index (χ1n) is 11.9. The van der Waals surface area contributed by atoms with Crippen LogP contribution in [0.15, 0.2) is 0 Å². The van der Waals surface area contributed by atoms with Gasteiger partial charge in [0.25, 0.3) is 0 Å². The summed E-state index contributed by atoms with van der Waals surface area (Å²) in [5, 5.41) is 0. The Morgan fingerprint density at radius 3 is 0.792 bits per heavy atom. The molecule has 0 aromatic carbocycles. The van der Waals surface area contributed by atoms with Gasteiger partial charge in [0, 0.05) is 4.11 Å². The molecule has 0 fully saturated rings. The Labute approximate surface area is 163 Å². The molecule has 0 unspecified atom stereocenters. The van der Waals surface area contributed by atoms with Crippen LogP contribution < -0.4 is 0 Å². The third-order valence-corrected chi connectivity index (χ3v) is 2.09. The van der Waals surface area contributed by atoms with Gasteiger partial charge in [0.2, 0.25) is 0 Å². The third-order valence-electron chi connectivity index (χ3n) is 2.09. The first kappa shape index (κ1) is 26.2. The van der Waals surface area contributed by atoms with Gasteiger partial charge in [-0.3, -0.25) is 0 Å². The Morgan fingerprint density at radius 1 is 0.542 bits per heavy atom. The van der Waals surface area contributed by atoms with Gasteiger partial charge in [0.1, 0.15) is 0 Å². The molecular weight excluding hydrogens is 288 g/mol. The average Bonchev–Trinajstić information content (AvgIpc) is 2.35. The minimum Gasteiger partial charge on any atom is -0.0654 e. The van der Waals surface area contributed by atoms with Crippen molar-refractivity contribution >= 4 is 0 Å². The molecule has 0 aromatic heterocycles. The maximum absolute atomic E-state index is 6.80. The van der Waals surface area contributed by atoms with Crippen LogP contribution in [0.4, 0.5) is 0 Å². The average molecular weight is 350 g/mol. The van der Waals surface area contributed by atoms with Gasteiger partial charge in [-0.1, -0.05) is 129 Å². The maximum atomic E-state index is 6.80. The molecule has 0 N–H and O–H groups in total. The van der Waals surface area contributed by atoms with Crippen molar-refractivity contribution in [2.45, 2.75) is 129 Å². The second-order valence-corrected chi connectivity index (χ2v) is 9.05. The molecule has 0 radical (unpaired) electrons. The predicted octanol–water partition coefficient (Wildman–Crippen LogP) is 9.87. The summed E-state index contributed by atoms with van der Waals surface area (Å²) >= 11 is 0. The van der Waals surface area contributed by atoms with Crippen LogP contribution in [-0.4, -0.2) is 0 Å². The summed E-state index contributed by atoms with van der Waals surface area (Å²) < 4.78 is 20.4. The normalized spacial score (nSPS) is 11.9. The second kappa shape index (κ2) is 30.8. The van der Waals surface area contributed by atoms with Crippen molar-refractivity contribution in [3.63, 3.8) is 0 Å². The molecule has 0 saturated carbocycles. The molecule has 24 heavy (non-hydrogen) atoms. The summed E-state index contributed by atoms with van der Waals surface area (Å²) in [6, 6.07) is 0. The van der Waals surface area contributed by atoms with E-state index in [9.17, 15) is 0 Å². The second-order valence-electron chi connectivity index (χ2n) is 9.05. The van der Waals surface area contributed by atoms with Gasteiger partial charge < -0.3 is 0 Å². The maximum Gasteiger partial charge on any atom is 0.0230 e. The zero-order valence-corrected chi connectivity index (χ0v) is 20.2. The number of rotatable bonds is 4. The van der Waals surface area contributed by atoms with Crippen LogP contribution in [0.25, 0.3) is 0 Å². The lowest BCUT2D eigenvalue weighted by molar-refractivity contribution is 0.576. The van der Waals surface area contributed by atoms with Crippen molar-refractivity contribution in [2.75, 3.05) is 0 Å². The molecule has 0 rings (SSSR count). The van der Waals surface area contributed by atoms with E-state index in [2.05, 4.69) is 83.1 Å². The minimum atomic E-state index is -1.73. The smallest absolute Gasteiger partial charge is 0.0230 e. The number of hydrogen-bond donors (Lipinski definition) is 0. The summed E-state index contributed by atoms with van der Waals surface area (Å²) in [7, 11) is 0. The van der Waals surface area contributed by atoms with Gasteiger partial charge in [-0.25, -0.2) is 0 Å². The highest BCUT2D eigenvalue weighted by atomic mass is 13.9. The first-order chi connectivity index (χ1) is 11.9. The van der Waals surface area contributed by atoms with Crippen molar-refractivity contribution < 1.29 is 4.11 Å². The largest absolute Gasteiger partial charge is 0.0654 e. The van der Waals surface area contributed by atoms with Crippen molar-refractivity contribution in [2.24, 2.45) is 29.6 Å². The highest BCUT2D eigenvalue weighted by Crippen LogP contribution is 2.00. The molecule has 0 heteroatoms. The van der Waals surface area contributed by atoms with Crippen LogP contribution >= 0.6 is 0 Å². The van der Waals surface area contributed by atoms with E-state index in [0.29, 0.717) is 6.42 Å². The SMILES string of the molecule is CC(C)C.CC(C)C.CCC(C)C.CCCC(C)C.[2H]C([2H])([2H])CC(C)C. The van der Waals surface area contributed by atoms with Crippen LogP contribution in [0.2, 0.25) is 0 Å². The predicted molar refractivity (Wildman–Crippen MR) is 121 cm³/mol. The highest BCUT2D eigenvalue weighted by molar-refractivity contribution is 4.38. The molecule has 0 heterocycles. The summed E-state index contributed by atoms with van der Waals surface area (Å²) in [6.07, 6.45) is 4.34. The molecule has 154 valence electrons. The fourth-order valence-electron chi connectivity index (χ4n) is 0.577. The van der Waals surface area contributed by atoms with E-state index in [-0.39, 0.29) is 5.92 Å². The third kappa shape index (κ3) is 198. The first-order valence-corrected chi connectivity index (χ1v) is 10.4. The van der Waals surface area contributed by atoms with Crippen LogP contribution in [0.1, 0.15) is 134 Å². The molecule has 0 aliphatic carbocycles.